The molecule has 0 fully saturated rings. The number of nitrogens with zero attached hydrogens (tertiary/aromatic N) is 2. The number of nitriles is 1. The molecule has 0 radical (unpaired) electrons. The van der Waals surface area contributed by atoms with Crippen molar-refractivity contribution in [3.8, 4) is 6.07 Å². The van der Waals surface area contributed by atoms with Crippen LogP contribution in [-0.4, -0.2) is 4.98 Å². The number of benzene rings is 1. The van der Waals surface area contributed by atoms with Gasteiger partial charge in [-0.2, -0.15) is 5.26 Å². The number of aromatic nitrogens is 1. The lowest BCUT2D eigenvalue weighted by Gasteiger charge is -2.11. The Bertz CT molecular complexity index is 636. The minimum absolute atomic E-state index is 0.312. The van der Waals surface area contributed by atoms with Gasteiger partial charge in [0, 0.05) is 6.20 Å². The average Bonchev–Trinajstić information content (AvgIpc) is 2.37. The number of nitrogen functional groups attached to an aromatic ring is 1. The third-order valence-electron chi connectivity index (χ3n) is 2.32. The Morgan fingerprint density at radius 1 is 1.39 bits per heavy atom. The van der Waals surface area contributed by atoms with Crippen LogP contribution in [0.25, 0.3) is 0 Å². The highest BCUT2D eigenvalue weighted by Crippen LogP contribution is 2.33. The Morgan fingerprint density at radius 2 is 2.17 bits per heavy atom. The summed E-state index contributed by atoms with van der Waals surface area (Å²) in [5.41, 5.74) is 7.26. The van der Waals surface area contributed by atoms with Crippen LogP contribution < -0.4 is 11.1 Å². The molecule has 1 heterocycles. The predicted octanol–water partition coefficient (Wildman–Crippen LogP) is 3.69. The normalized spacial score (nSPS) is 9.83. The SMILES string of the molecule is N#Cc1ccnc(Nc2cccc(Cl)c2Br)c1N. The number of anilines is 3. The Morgan fingerprint density at radius 3 is 2.89 bits per heavy atom. The largest absolute Gasteiger partial charge is 0.395 e. The van der Waals surface area contributed by atoms with Crippen LogP contribution in [0.1, 0.15) is 5.56 Å². The first-order valence-electron chi connectivity index (χ1n) is 4.99. The van der Waals surface area contributed by atoms with Crippen molar-refractivity contribution < 1.29 is 0 Å². The summed E-state index contributed by atoms with van der Waals surface area (Å²) in [6.07, 6.45) is 1.52. The van der Waals surface area contributed by atoms with Crippen LogP contribution in [0.3, 0.4) is 0 Å². The second-order valence-electron chi connectivity index (χ2n) is 3.46. The zero-order valence-electron chi connectivity index (χ0n) is 9.11. The van der Waals surface area contributed by atoms with E-state index in [9.17, 15) is 0 Å². The number of halogens is 2. The van der Waals surface area contributed by atoms with Crippen LogP contribution in [-0.2, 0) is 0 Å². The maximum atomic E-state index is 8.89. The van der Waals surface area contributed by atoms with E-state index < -0.39 is 0 Å². The van der Waals surface area contributed by atoms with Crippen LogP contribution in [0.4, 0.5) is 17.2 Å². The molecule has 0 aliphatic heterocycles. The van der Waals surface area contributed by atoms with Gasteiger partial charge in [0.25, 0.3) is 0 Å². The monoisotopic (exact) mass is 322 g/mol. The van der Waals surface area contributed by atoms with Gasteiger partial charge in [0.15, 0.2) is 5.82 Å². The highest BCUT2D eigenvalue weighted by Gasteiger charge is 2.09. The highest BCUT2D eigenvalue weighted by molar-refractivity contribution is 9.10. The van der Waals surface area contributed by atoms with Gasteiger partial charge in [-0.05, 0) is 34.1 Å². The zero-order chi connectivity index (χ0) is 13.1. The van der Waals surface area contributed by atoms with Gasteiger partial charge in [0.2, 0.25) is 0 Å². The molecule has 1 aromatic heterocycles. The number of rotatable bonds is 2. The molecule has 4 nitrogen and oxygen atoms in total. The minimum Gasteiger partial charge on any atom is -0.395 e. The molecule has 90 valence electrons. The van der Waals surface area contributed by atoms with E-state index in [-0.39, 0.29) is 0 Å². The average molecular weight is 324 g/mol. The molecule has 0 spiro atoms. The van der Waals surface area contributed by atoms with Gasteiger partial charge in [-0.3, -0.25) is 0 Å². The maximum absolute atomic E-state index is 8.89. The fraction of sp³-hybridized carbons (Fsp3) is 0. The number of nitrogens with two attached hydrogens (primary N) is 1. The smallest absolute Gasteiger partial charge is 0.154 e. The van der Waals surface area contributed by atoms with Crippen molar-refractivity contribution in [1.29, 1.82) is 5.26 Å². The lowest BCUT2D eigenvalue weighted by Crippen LogP contribution is -2.01. The fourth-order valence-electron chi connectivity index (χ4n) is 1.40. The maximum Gasteiger partial charge on any atom is 0.154 e. The third kappa shape index (κ3) is 2.40. The van der Waals surface area contributed by atoms with Crippen molar-refractivity contribution in [2.24, 2.45) is 0 Å². The predicted molar refractivity (Wildman–Crippen MR) is 75.8 cm³/mol. The topological polar surface area (TPSA) is 74.7 Å². The molecule has 3 N–H and O–H groups in total. The van der Waals surface area contributed by atoms with Gasteiger partial charge in [-0.25, -0.2) is 4.98 Å². The standard InChI is InChI=1S/C12H8BrClN4/c13-10-8(14)2-1-3-9(10)18-12-11(16)7(6-15)4-5-17-12/h1-5H,16H2,(H,17,18). The second-order valence-corrected chi connectivity index (χ2v) is 4.66. The van der Waals surface area contributed by atoms with Crippen LogP contribution >= 0.6 is 27.5 Å². The molecule has 0 bridgehead atoms. The summed E-state index contributed by atoms with van der Waals surface area (Å²) in [6.45, 7) is 0. The second kappa shape index (κ2) is 5.25. The van der Waals surface area contributed by atoms with Crippen molar-refractivity contribution in [3.05, 3.63) is 45.5 Å². The molecular formula is C12H8BrClN4. The minimum atomic E-state index is 0.312. The first-order chi connectivity index (χ1) is 8.63. The number of hydrogen-bond acceptors (Lipinski definition) is 4. The van der Waals surface area contributed by atoms with Crippen LogP contribution in [0, 0.1) is 11.3 Å². The van der Waals surface area contributed by atoms with Crippen LogP contribution in [0.15, 0.2) is 34.9 Å². The summed E-state index contributed by atoms with van der Waals surface area (Å²) in [5.74, 6) is 0.428. The molecule has 2 aromatic rings. The molecule has 0 unspecified atom stereocenters. The van der Waals surface area contributed by atoms with E-state index in [2.05, 4.69) is 26.2 Å². The Balaban J connectivity index is 2.41. The van der Waals surface area contributed by atoms with Gasteiger partial charge in [0.1, 0.15) is 6.07 Å². The lowest BCUT2D eigenvalue weighted by atomic mass is 10.2. The Hall–Kier alpha value is -1.77. The van der Waals surface area contributed by atoms with Gasteiger partial charge in [0.05, 0.1) is 26.4 Å². The van der Waals surface area contributed by atoms with Crippen molar-refractivity contribution in [2.75, 3.05) is 11.1 Å². The van der Waals surface area contributed by atoms with E-state index in [1.807, 2.05) is 12.1 Å². The first-order valence-corrected chi connectivity index (χ1v) is 6.16. The molecule has 2 rings (SSSR count). The molecule has 0 saturated carbocycles. The number of pyridine rings is 1. The van der Waals surface area contributed by atoms with E-state index >= 15 is 0 Å². The quantitative estimate of drug-likeness (QED) is 0.883. The van der Waals surface area contributed by atoms with E-state index in [0.717, 1.165) is 10.2 Å². The number of nitrogens with one attached hydrogen (secondary N) is 1. The van der Waals surface area contributed by atoms with E-state index in [0.29, 0.717) is 22.1 Å². The molecule has 18 heavy (non-hydrogen) atoms. The van der Waals surface area contributed by atoms with Gasteiger partial charge in [-0.1, -0.05) is 17.7 Å². The van der Waals surface area contributed by atoms with E-state index in [1.54, 1.807) is 18.2 Å². The third-order valence-corrected chi connectivity index (χ3v) is 3.71. The van der Waals surface area contributed by atoms with E-state index in [1.165, 1.54) is 6.20 Å². The summed E-state index contributed by atoms with van der Waals surface area (Å²) in [6, 6.07) is 8.97. The summed E-state index contributed by atoms with van der Waals surface area (Å²) < 4.78 is 0.718. The zero-order valence-corrected chi connectivity index (χ0v) is 11.5. The van der Waals surface area contributed by atoms with Crippen molar-refractivity contribution >= 4 is 44.7 Å². The summed E-state index contributed by atoms with van der Waals surface area (Å²) in [4.78, 5) is 4.10. The Kier molecular flexibility index (Phi) is 3.70. The van der Waals surface area contributed by atoms with Crippen LogP contribution in [0.5, 0.6) is 0 Å². The van der Waals surface area contributed by atoms with Gasteiger partial charge >= 0.3 is 0 Å². The van der Waals surface area contributed by atoms with Crippen molar-refractivity contribution in [2.45, 2.75) is 0 Å². The molecule has 0 saturated heterocycles. The Labute approximate surface area is 118 Å². The summed E-state index contributed by atoms with van der Waals surface area (Å²) >= 11 is 9.36. The van der Waals surface area contributed by atoms with Crippen molar-refractivity contribution in [1.82, 2.24) is 4.98 Å². The molecule has 1 aromatic carbocycles. The van der Waals surface area contributed by atoms with Gasteiger partial charge < -0.3 is 11.1 Å². The molecule has 0 aliphatic carbocycles. The van der Waals surface area contributed by atoms with E-state index in [4.69, 9.17) is 22.6 Å². The van der Waals surface area contributed by atoms with Crippen molar-refractivity contribution in [3.63, 3.8) is 0 Å². The molecule has 0 aliphatic rings. The van der Waals surface area contributed by atoms with Crippen LogP contribution in [0.2, 0.25) is 5.02 Å². The lowest BCUT2D eigenvalue weighted by molar-refractivity contribution is 1.29. The summed E-state index contributed by atoms with van der Waals surface area (Å²) in [5, 5.41) is 12.5. The first kappa shape index (κ1) is 12.7. The fourth-order valence-corrected chi connectivity index (χ4v) is 1.94. The molecule has 0 amide bonds. The summed E-state index contributed by atoms with van der Waals surface area (Å²) in [7, 11) is 0. The molecule has 6 heteroatoms. The highest BCUT2D eigenvalue weighted by atomic mass is 79.9. The van der Waals surface area contributed by atoms with Gasteiger partial charge in [-0.15, -0.1) is 0 Å². The molecule has 0 atom stereocenters. The number of hydrogen-bond donors (Lipinski definition) is 2. The molecular weight excluding hydrogens is 316 g/mol.